The normalized spacial score (nSPS) is 11.2. The average molecular weight is 259 g/mol. The van der Waals surface area contributed by atoms with Gasteiger partial charge in [0.2, 0.25) is 0 Å². The Morgan fingerprint density at radius 3 is 2.44 bits per heavy atom. The molecule has 0 atom stereocenters. The topological polar surface area (TPSA) is 30.5 Å². The summed E-state index contributed by atoms with van der Waals surface area (Å²) in [5, 5.41) is 2.98. The minimum absolute atomic E-state index is 0.236. The number of benzene rings is 1. The lowest BCUT2D eigenvalue weighted by Gasteiger charge is -2.17. The van der Waals surface area contributed by atoms with Crippen LogP contribution < -0.4 is 5.32 Å². The summed E-state index contributed by atoms with van der Waals surface area (Å²) in [6, 6.07) is 3.40. The van der Waals surface area contributed by atoms with Crippen molar-refractivity contribution in [2.24, 2.45) is 0 Å². The predicted molar refractivity (Wildman–Crippen MR) is 65.1 cm³/mol. The minimum atomic E-state index is -0.445. The van der Waals surface area contributed by atoms with Gasteiger partial charge in [-0.05, 0) is 32.0 Å². The zero-order valence-electron chi connectivity index (χ0n) is 10.7. The molecule has 0 saturated carbocycles. The number of ether oxygens (including phenoxy) is 2. The second-order valence-electron chi connectivity index (χ2n) is 3.71. The van der Waals surface area contributed by atoms with Crippen LogP contribution >= 0.6 is 0 Å². The Morgan fingerprint density at radius 1 is 1.17 bits per heavy atom. The van der Waals surface area contributed by atoms with Crippen molar-refractivity contribution in [2.45, 2.75) is 26.7 Å². The second-order valence-corrected chi connectivity index (χ2v) is 3.71. The molecule has 0 unspecified atom stereocenters. The van der Waals surface area contributed by atoms with Gasteiger partial charge in [0, 0.05) is 31.9 Å². The van der Waals surface area contributed by atoms with E-state index in [1.54, 1.807) is 0 Å². The van der Waals surface area contributed by atoms with E-state index in [4.69, 9.17) is 9.47 Å². The van der Waals surface area contributed by atoms with E-state index in [2.05, 4.69) is 5.32 Å². The Bertz CT molecular complexity index is 355. The summed E-state index contributed by atoms with van der Waals surface area (Å²) >= 11 is 0. The van der Waals surface area contributed by atoms with Crippen molar-refractivity contribution in [3.8, 4) is 0 Å². The first-order valence-corrected chi connectivity index (χ1v) is 6.05. The van der Waals surface area contributed by atoms with Gasteiger partial charge in [-0.1, -0.05) is 0 Å². The van der Waals surface area contributed by atoms with E-state index in [0.717, 1.165) is 12.1 Å². The maximum Gasteiger partial charge on any atom is 0.169 e. The first kappa shape index (κ1) is 15.0. The first-order chi connectivity index (χ1) is 8.67. The number of hydrogen-bond donors (Lipinski definition) is 1. The molecule has 0 bridgehead atoms. The van der Waals surface area contributed by atoms with E-state index in [1.165, 1.54) is 6.07 Å². The van der Waals surface area contributed by atoms with E-state index in [1.807, 2.05) is 13.8 Å². The smallest absolute Gasteiger partial charge is 0.169 e. The molecule has 0 fully saturated rings. The highest BCUT2D eigenvalue weighted by atomic mass is 19.1. The predicted octanol–water partition coefficient (Wildman–Crippen LogP) is 2.45. The first-order valence-electron chi connectivity index (χ1n) is 6.05. The summed E-state index contributed by atoms with van der Waals surface area (Å²) in [7, 11) is 0. The van der Waals surface area contributed by atoms with Crippen molar-refractivity contribution < 1.29 is 18.3 Å². The van der Waals surface area contributed by atoms with Crippen LogP contribution in [0.2, 0.25) is 0 Å². The lowest BCUT2D eigenvalue weighted by Crippen LogP contribution is -2.31. The van der Waals surface area contributed by atoms with E-state index >= 15 is 0 Å². The summed E-state index contributed by atoms with van der Waals surface area (Å²) in [6.45, 7) is 5.50. The van der Waals surface area contributed by atoms with Gasteiger partial charge in [0.15, 0.2) is 6.29 Å². The molecule has 0 aliphatic heterocycles. The summed E-state index contributed by atoms with van der Waals surface area (Å²) in [6.07, 6.45) is -0.364. The van der Waals surface area contributed by atoms with Crippen molar-refractivity contribution in [1.29, 1.82) is 0 Å². The highest BCUT2D eigenvalue weighted by Crippen LogP contribution is 2.09. The Hall–Kier alpha value is -1.04. The summed E-state index contributed by atoms with van der Waals surface area (Å²) in [5.41, 5.74) is 0.293. The van der Waals surface area contributed by atoms with Gasteiger partial charge in [-0.3, -0.25) is 0 Å². The lowest BCUT2D eigenvalue weighted by molar-refractivity contribution is -0.133. The molecule has 0 aliphatic carbocycles. The standard InChI is InChI=1S/C13H19F2NO2/c1-3-17-13(18-4-2)9-16-8-10-7-11(14)5-6-12(10)15/h5-7,13,16H,3-4,8-9H2,1-2H3. The van der Waals surface area contributed by atoms with Gasteiger partial charge in [-0.25, -0.2) is 8.78 Å². The molecule has 1 N–H and O–H groups in total. The van der Waals surface area contributed by atoms with E-state index in [-0.39, 0.29) is 12.8 Å². The zero-order valence-corrected chi connectivity index (χ0v) is 10.7. The van der Waals surface area contributed by atoms with Crippen molar-refractivity contribution in [1.82, 2.24) is 5.32 Å². The SMILES string of the molecule is CCOC(CNCc1cc(F)ccc1F)OCC. The Balaban J connectivity index is 2.41. The third-order valence-electron chi connectivity index (χ3n) is 2.34. The zero-order chi connectivity index (χ0) is 13.4. The van der Waals surface area contributed by atoms with Crippen molar-refractivity contribution in [3.05, 3.63) is 35.4 Å². The molecule has 0 amide bonds. The molecule has 18 heavy (non-hydrogen) atoms. The Labute approximate surface area is 106 Å². The molecule has 5 heteroatoms. The highest BCUT2D eigenvalue weighted by Gasteiger charge is 2.08. The van der Waals surface area contributed by atoms with Crippen LogP contribution in [0.1, 0.15) is 19.4 Å². The van der Waals surface area contributed by atoms with E-state index < -0.39 is 11.6 Å². The molecule has 0 heterocycles. The van der Waals surface area contributed by atoms with Crippen LogP contribution in [0.5, 0.6) is 0 Å². The summed E-state index contributed by atoms with van der Waals surface area (Å²) < 4.78 is 36.9. The van der Waals surface area contributed by atoms with Gasteiger partial charge in [-0.15, -0.1) is 0 Å². The highest BCUT2D eigenvalue weighted by molar-refractivity contribution is 5.18. The monoisotopic (exact) mass is 259 g/mol. The quantitative estimate of drug-likeness (QED) is 0.727. The fourth-order valence-electron chi connectivity index (χ4n) is 1.54. The molecular formula is C13H19F2NO2. The Kier molecular flexibility index (Phi) is 6.78. The van der Waals surface area contributed by atoms with Gasteiger partial charge in [0.05, 0.1) is 0 Å². The number of halogens is 2. The lowest BCUT2D eigenvalue weighted by atomic mass is 10.2. The molecule has 1 aromatic carbocycles. The van der Waals surface area contributed by atoms with E-state index in [0.29, 0.717) is 25.3 Å². The Morgan fingerprint density at radius 2 is 1.83 bits per heavy atom. The summed E-state index contributed by atoms with van der Waals surface area (Å²) in [5.74, 6) is -0.868. The van der Waals surface area contributed by atoms with Crippen LogP contribution in [0, 0.1) is 11.6 Å². The molecule has 0 radical (unpaired) electrons. The second kappa shape index (κ2) is 8.13. The average Bonchev–Trinajstić information content (AvgIpc) is 2.34. The van der Waals surface area contributed by atoms with Gasteiger partial charge < -0.3 is 14.8 Å². The maximum atomic E-state index is 13.3. The molecule has 1 aromatic rings. The van der Waals surface area contributed by atoms with E-state index in [9.17, 15) is 8.78 Å². The molecule has 0 spiro atoms. The van der Waals surface area contributed by atoms with Gasteiger partial charge in [0.1, 0.15) is 11.6 Å². The molecule has 102 valence electrons. The van der Waals surface area contributed by atoms with Crippen LogP contribution in [0.4, 0.5) is 8.78 Å². The van der Waals surface area contributed by atoms with Crippen LogP contribution in [-0.4, -0.2) is 26.0 Å². The molecule has 0 saturated heterocycles. The van der Waals surface area contributed by atoms with Crippen molar-refractivity contribution >= 4 is 0 Å². The molecule has 1 rings (SSSR count). The number of hydrogen-bond acceptors (Lipinski definition) is 3. The van der Waals surface area contributed by atoms with Gasteiger partial charge in [-0.2, -0.15) is 0 Å². The van der Waals surface area contributed by atoms with Crippen LogP contribution in [0.15, 0.2) is 18.2 Å². The fraction of sp³-hybridized carbons (Fsp3) is 0.538. The van der Waals surface area contributed by atoms with Crippen LogP contribution in [-0.2, 0) is 16.0 Å². The van der Waals surface area contributed by atoms with Crippen LogP contribution in [0.3, 0.4) is 0 Å². The molecule has 0 aliphatic rings. The van der Waals surface area contributed by atoms with Crippen molar-refractivity contribution in [3.63, 3.8) is 0 Å². The number of nitrogens with one attached hydrogen (secondary N) is 1. The van der Waals surface area contributed by atoms with Crippen LogP contribution in [0.25, 0.3) is 0 Å². The minimum Gasteiger partial charge on any atom is -0.352 e. The third kappa shape index (κ3) is 5.08. The van der Waals surface area contributed by atoms with Gasteiger partial charge >= 0.3 is 0 Å². The van der Waals surface area contributed by atoms with Crippen molar-refractivity contribution in [2.75, 3.05) is 19.8 Å². The van der Waals surface area contributed by atoms with Gasteiger partial charge in [0.25, 0.3) is 0 Å². The maximum absolute atomic E-state index is 13.3. The fourth-order valence-corrected chi connectivity index (χ4v) is 1.54. The molecular weight excluding hydrogens is 240 g/mol. The third-order valence-corrected chi connectivity index (χ3v) is 2.34. The summed E-state index contributed by atoms with van der Waals surface area (Å²) in [4.78, 5) is 0. The molecule has 0 aromatic heterocycles. The number of rotatable bonds is 8. The molecule has 3 nitrogen and oxygen atoms in total. The largest absolute Gasteiger partial charge is 0.352 e.